The first-order valence-corrected chi connectivity index (χ1v) is 11.3. The van der Waals surface area contributed by atoms with Crippen LogP contribution in [0.5, 0.6) is 5.75 Å². The molecule has 1 unspecified atom stereocenters. The minimum Gasteiger partial charge on any atom is -0.483 e. The molecule has 1 atom stereocenters. The van der Waals surface area contributed by atoms with Crippen LogP contribution in [-0.2, 0) is 16.1 Å². The van der Waals surface area contributed by atoms with Crippen LogP contribution >= 0.6 is 15.9 Å². The van der Waals surface area contributed by atoms with Gasteiger partial charge < -0.3 is 15.0 Å². The highest BCUT2D eigenvalue weighted by molar-refractivity contribution is 9.10. The van der Waals surface area contributed by atoms with Crippen LogP contribution in [0.25, 0.3) is 0 Å². The third kappa shape index (κ3) is 7.06. The molecule has 0 aromatic heterocycles. The zero-order valence-corrected chi connectivity index (χ0v) is 20.0. The van der Waals surface area contributed by atoms with Crippen LogP contribution < -0.4 is 10.1 Å². The van der Waals surface area contributed by atoms with Gasteiger partial charge in [-0.05, 0) is 70.6 Å². The molecule has 1 N–H and O–H groups in total. The van der Waals surface area contributed by atoms with Crippen molar-refractivity contribution in [1.82, 2.24) is 10.2 Å². The third-order valence-corrected chi connectivity index (χ3v) is 5.60. The molecule has 2 aromatic rings. The Kier molecular flexibility index (Phi) is 9.49. The van der Waals surface area contributed by atoms with E-state index >= 15 is 0 Å². The van der Waals surface area contributed by atoms with Gasteiger partial charge in [-0.15, -0.1) is 0 Å². The van der Waals surface area contributed by atoms with Crippen molar-refractivity contribution < 1.29 is 18.7 Å². The lowest BCUT2D eigenvalue weighted by atomic mass is 10.0. The minimum absolute atomic E-state index is 0.186. The molecular weight excluding hydrogens is 463 g/mol. The standard InChI is InChI=1S/C24H30BrFN2O3/c1-5-21(24(30)27-6-2)28(14-17-7-10-19(26)11-8-17)23(29)15-31-22-12-9-18(16(3)4)13-20(22)25/h7-13,16,21H,5-6,14-15H2,1-4H3,(H,27,30). The average Bonchev–Trinajstić information content (AvgIpc) is 2.74. The Labute approximate surface area is 192 Å². The van der Waals surface area contributed by atoms with Crippen LogP contribution in [0.2, 0.25) is 0 Å². The fourth-order valence-electron chi connectivity index (χ4n) is 3.21. The van der Waals surface area contributed by atoms with Crippen molar-refractivity contribution >= 4 is 27.7 Å². The number of carbonyl (C=O) groups excluding carboxylic acids is 2. The molecule has 0 saturated heterocycles. The number of ether oxygens (including phenoxy) is 1. The van der Waals surface area contributed by atoms with Gasteiger partial charge in [-0.2, -0.15) is 0 Å². The third-order valence-electron chi connectivity index (χ3n) is 4.98. The molecule has 0 saturated carbocycles. The molecule has 0 bridgehead atoms. The Bertz CT molecular complexity index is 887. The SMILES string of the molecule is CCNC(=O)C(CC)N(Cc1ccc(F)cc1)C(=O)COc1ccc(C(C)C)cc1Br. The second-order valence-corrected chi connectivity index (χ2v) is 8.45. The summed E-state index contributed by atoms with van der Waals surface area (Å²) in [4.78, 5) is 27.2. The molecule has 0 aliphatic carbocycles. The summed E-state index contributed by atoms with van der Waals surface area (Å²) in [5.74, 6) is 0.0479. The van der Waals surface area contributed by atoms with E-state index in [4.69, 9.17) is 4.74 Å². The Morgan fingerprint density at radius 2 is 1.81 bits per heavy atom. The van der Waals surface area contributed by atoms with Crippen molar-refractivity contribution in [3.63, 3.8) is 0 Å². The predicted molar refractivity (Wildman–Crippen MR) is 123 cm³/mol. The first kappa shape index (κ1) is 24.9. The number of rotatable bonds is 10. The van der Waals surface area contributed by atoms with E-state index in [0.717, 1.165) is 15.6 Å². The van der Waals surface area contributed by atoms with Crippen LogP contribution in [0.3, 0.4) is 0 Å². The number of nitrogens with zero attached hydrogens (tertiary/aromatic N) is 1. The van der Waals surface area contributed by atoms with Crippen molar-refractivity contribution in [3.8, 4) is 5.75 Å². The monoisotopic (exact) mass is 492 g/mol. The maximum Gasteiger partial charge on any atom is 0.261 e. The highest BCUT2D eigenvalue weighted by atomic mass is 79.9. The number of halogens is 2. The van der Waals surface area contributed by atoms with Crippen LogP contribution in [0.1, 0.15) is 51.2 Å². The van der Waals surface area contributed by atoms with E-state index in [1.54, 1.807) is 12.1 Å². The van der Waals surface area contributed by atoms with Gasteiger partial charge in [0.15, 0.2) is 6.61 Å². The molecule has 2 aromatic carbocycles. The number of nitrogens with one attached hydrogen (secondary N) is 1. The smallest absolute Gasteiger partial charge is 0.261 e. The van der Waals surface area contributed by atoms with Crippen LogP contribution in [0.4, 0.5) is 4.39 Å². The Morgan fingerprint density at radius 1 is 1.13 bits per heavy atom. The van der Waals surface area contributed by atoms with Crippen LogP contribution in [0, 0.1) is 5.82 Å². The minimum atomic E-state index is -0.645. The first-order valence-electron chi connectivity index (χ1n) is 10.5. The predicted octanol–water partition coefficient (Wildman–Crippen LogP) is 5.03. The zero-order valence-electron chi connectivity index (χ0n) is 18.5. The van der Waals surface area contributed by atoms with Crippen molar-refractivity contribution in [2.75, 3.05) is 13.2 Å². The topological polar surface area (TPSA) is 58.6 Å². The highest BCUT2D eigenvalue weighted by Crippen LogP contribution is 2.29. The van der Waals surface area contributed by atoms with E-state index in [0.29, 0.717) is 24.6 Å². The van der Waals surface area contributed by atoms with Gasteiger partial charge >= 0.3 is 0 Å². The van der Waals surface area contributed by atoms with Crippen molar-refractivity contribution in [1.29, 1.82) is 0 Å². The summed E-state index contributed by atoms with van der Waals surface area (Å²) in [6.07, 6.45) is 0.450. The van der Waals surface area contributed by atoms with Gasteiger partial charge in [0.2, 0.25) is 5.91 Å². The van der Waals surface area contributed by atoms with Crippen LogP contribution in [-0.4, -0.2) is 35.9 Å². The molecule has 2 rings (SSSR count). The van der Waals surface area contributed by atoms with Gasteiger partial charge in [0.05, 0.1) is 4.47 Å². The maximum absolute atomic E-state index is 13.3. The lowest BCUT2D eigenvalue weighted by Crippen LogP contribution is -2.50. The molecule has 0 aliphatic heterocycles. The van der Waals surface area contributed by atoms with E-state index in [1.165, 1.54) is 17.0 Å². The number of likely N-dealkylation sites (N-methyl/N-ethyl adjacent to an activating group) is 1. The average molecular weight is 493 g/mol. The number of amides is 2. The summed E-state index contributed by atoms with van der Waals surface area (Å²) in [5.41, 5.74) is 1.89. The van der Waals surface area contributed by atoms with E-state index in [2.05, 4.69) is 35.1 Å². The molecular formula is C24H30BrFN2O3. The molecule has 0 heterocycles. The summed E-state index contributed by atoms with van der Waals surface area (Å²) in [5, 5.41) is 2.79. The summed E-state index contributed by atoms with van der Waals surface area (Å²) in [7, 11) is 0. The largest absolute Gasteiger partial charge is 0.483 e. The second-order valence-electron chi connectivity index (χ2n) is 7.60. The molecule has 5 nitrogen and oxygen atoms in total. The van der Waals surface area contributed by atoms with E-state index in [-0.39, 0.29) is 30.8 Å². The summed E-state index contributed by atoms with van der Waals surface area (Å²) < 4.78 is 19.8. The zero-order chi connectivity index (χ0) is 23.0. The normalized spacial score (nSPS) is 11.8. The molecule has 168 valence electrons. The summed E-state index contributed by atoms with van der Waals surface area (Å²) in [6.45, 7) is 8.34. The Morgan fingerprint density at radius 3 is 2.35 bits per heavy atom. The molecule has 31 heavy (non-hydrogen) atoms. The van der Waals surface area contributed by atoms with E-state index < -0.39 is 6.04 Å². The number of hydrogen-bond donors (Lipinski definition) is 1. The lowest BCUT2D eigenvalue weighted by molar-refractivity contribution is -0.142. The van der Waals surface area contributed by atoms with Crippen molar-refractivity contribution in [2.24, 2.45) is 0 Å². The molecule has 7 heteroatoms. The molecule has 0 radical (unpaired) electrons. The fourth-order valence-corrected chi connectivity index (χ4v) is 3.72. The number of carbonyl (C=O) groups is 2. The molecule has 0 fully saturated rings. The summed E-state index contributed by atoms with van der Waals surface area (Å²) >= 11 is 3.50. The van der Waals surface area contributed by atoms with Crippen molar-refractivity contribution in [3.05, 3.63) is 63.9 Å². The van der Waals surface area contributed by atoms with E-state index in [1.807, 2.05) is 32.0 Å². The van der Waals surface area contributed by atoms with Crippen molar-refractivity contribution in [2.45, 2.75) is 52.6 Å². The maximum atomic E-state index is 13.3. The van der Waals surface area contributed by atoms with Gasteiger partial charge in [0.1, 0.15) is 17.6 Å². The Balaban J connectivity index is 2.20. The van der Waals surface area contributed by atoms with E-state index in [9.17, 15) is 14.0 Å². The van der Waals surface area contributed by atoms with Gasteiger partial charge in [0, 0.05) is 13.1 Å². The van der Waals surface area contributed by atoms with Gasteiger partial charge in [-0.3, -0.25) is 9.59 Å². The Hall–Kier alpha value is -2.41. The quantitative estimate of drug-likeness (QED) is 0.505. The fraction of sp³-hybridized carbons (Fsp3) is 0.417. The molecule has 2 amide bonds. The molecule has 0 spiro atoms. The van der Waals surface area contributed by atoms with Gasteiger partial charge in [-0.1, -0.05) is 39.0 Å². The lowest BCUT2D eigenvalue weighted by Gasteiger charge is -2.30. The van der Waals surface area contributed by atoms with Gasteiger partial charge in [-0.25, -0.2) is 4.39 Å². The number of benzene rings is 2. The van der Waals surface area contributed by atoms with Gasteiger partial charge in [0.25, 0.3) is 5.91 Å². The summed E-state index contributed by atoms with van der Waals surface area (Å²) in [6, 6.07) is 11.0. The second kappa shape index (κ2) is 11.8. The highest BCUT2D eigenvalue weighted by Gasteiger charge is 2.28. The van der Waals surface area contributed by atoms with Crippen LogP contribution in [0.15, 0.2) is 46.9 Å². The molecule has 0 aliphatic rings. The number of hydrogen-bond acceptors (Lipinski definition) is 3. The first-order chi connectivity index (χ1) is 14.8.